The van der Waals surface area contributed by atoms with Gasteiger partial charge in [0.05, 0.1) is 25.2 Å². The van der Waals surface area contributed by atoms with Crippen LogP contribution in [-0.2, 0) is 25.2 Å². The van der Waals surface area contributed by atoms with Gasteiger partial charge in [0, 0.05) is 36.6 Å². The molecule has 0 unspecified atom stereocenters. The summed E-state index contributed by atoms with van der Waals surface area (Å²) < 4.78 is 31.7. The molecule has 0 fully saturated rings. The van der Waals surface area contributed by atoms with Gasteiger partial charge in [-0.3, -0.25) is 4.90 Å². The van der Waals surface area contributed by atoms with Crippen LogP contribution in [0, 0.1) is 11.6 Å². The number of halogens is 2. The third-order valence-electron chi connectivity index (χ3n) is 6.02. The summed E-state index contributed by atoms with van der Waals surface area (Å²) in [6, 6.07) is 2.61. The van der Waals surface area contributed by atoms with Crippen molar-refractivity contribution in [3.63, 3.8) is 0 Å². The van der Waals surface area contributed by atoms with Crippen molar-refractivity contribution >= 4 is 0 Å². The van der Waals surface area contributed by atoms with Crippen LogP contribution in [0.4, 0.5) is 8.78 Å². The lowest BCUT2D eigenvalue weighted by Gasteiger charge is -2.42. The molecule has 170 valence electrons. The third-order valence-corrected chi connectivity index (χ3v) is 6.02. The molecule has 0 aliphatic carbocycles. The Morgan fingerprint density at radius 2 is 1.94 bits per heavy atom. The van der Waals surface area contributed by atoms with Crippen LogP contribution < -0.4 is 0 Å². The zero-order valence-electron chi connectivity index (χ0n) is 17.8. The van der Waals surface area contributed by atoms with Crippen molar-refractivity contribution in [2.45, 2.75) is 38.2 Å². The van der Waals surface area contributed by atoms with E-state index >= 15 is 0 Å². The van der Waals surface area contributed by atoms with Gasteiger partial charge in [0.2, 0.25) is 0 Å². The summed E-state index contributed by atoms with van der Waals surface area (Å²) in [4.78, 5) is 18.5. The quantitative estimate of drug-likeness (QED) is 0.467. The Bertz CT molecular complexity index is 1250. The first-order valence-corrected chi connectivity index (χ1v) is 10.4. The van der Waals surface area contributed by atoms with Crippen LogP contribution in [-0.4, -0.2) is 62.1 Å². The predicted octanol–water partition coefficient (Wildman–Crippen LogP) is 1.40. The molecule has 2 atom stereocenters. The molecule has 0 saturated carbocycles. The van der Waals surface area contributed by atoms with E-state index in [1.807, 2.05) is 4.90 Å². The Morgan fingerprint density at radius 1 is 1.12 bits per heavy atom. The molecule has 1 N–H and O–H groups in total. The third kappa shape index (κ3) is 3.98. The average molecular weight is 453 g/mol. The van der Waals surface area contributed by atoms with Crippen molar-refractivity contribution < 1.29 is 13.9 Å². The molecule has 5 rings (SSSR count). The summed E-state index contributed by atoms with van der Waals surface area (Å²) >= 11 is 0. The first kappa shape index (κ1) is 21.2. The monoisotopic (exact) mass is 453 g/mol. The molecule has 4 heterocycles. The van der Waals surface area contributed by atoms with Crippen LogP contribution in [0.3, 0.4) is 0 Å². The lowest BCUT2D eigenvalue weighted by Crippen LogP contribution is -2.53. The van der Waals surface area contributed by atoms with Gasteiger partial charge in [0.15, 0.2) is 5.82 Å². The van der Waals surface area contributed by atoms with Crippen molar-refractivity contribution in [3.8, 4) is 11.4 Å². The van der Waals surface area contributed by atoms with Gasteiger partial charge in [-0.05, 0) is 13.0 Å². The highest BCUT2D eigenvalue weighted by Crippen LogP contribution is 2.34. The number of nitrogens with zero attached hydrogens (tertiary/aromatic N) is 9. The zero-order chi connectivity index (χ0) is 23.0. The normalized spacial score (nSPS) is 16.8. The fourth-order valence-electron chi connectivity index (χ4n) is 4.17. The number of aromatic nitrogens is 8. The van der Waals surface area contributed by atoms with Crippen molar-refractivity contribution in [2.24, 2.45) is 0 Å². The fraction of sp³-hybridized carbons (Fsp3) is 0.333. The van der Waals surface area contributed by atoms with Crippen LogP contribution in [0.25, 0.3) is 11.4 Å². The maximum atomic E-state index is 14.8. The second kappa shape index (κ2) is 8.37. The molecule has 0 bridgehead atoms. The smallest absolute Gasteiger partial charge is 0.184 e. The van der Waals surface area contributed by atoms with E-state index in [1.165, 1.54) is 29.7 Å². The molecule has 4 aromatic rings. The summed E-state index contributed by atoms with van der Waals surface area (Å²) in [5, 5.41) is 20.4. The number of hydrogen-bond donors (Lipinski definition) is 1. The van der Waals surface area contributed by atoms with Gasteiger partial charge in [0.25, 0.3) is 0 Å². The van der Waals surface area contributed by atoms with Crippen LogP contribution in [0.5, 0.6) is 0 Å². The maximum absolute atomic E-state index is 14.8. The Kier molecular flexibility index (Phi) is 5.38. The van der Waals surface area contributed by atoms with E-state index < -0.39 is 23.3 Å². The van der Waals surface area contributed by atoms with Gasteiger partial charge in [-0.25, -0.2) is 38.1 Å². The molecule has 0 radical (unpaired) electrons. The summed E-state index contributed by atoms with van der Waals surface area (Å²) in [5.41, 5.74) is -1.03. The summed E-state index contributed by atoms with van der Waals surface area (Å²) in [7, 11) is 0. The fourth-order valence-corrected chi connectivity index (χ4v) is 4.17. The van der Waals surface area contributed by atoms with E-state index in [4.69, 9.17) is 0 Å². The standard InChI is InChI=1S/C21H21F2N9O/c1-14(21(33,10-31-13-26-12-27-31)17-3-2-16(22)6-18(17)23)30-4-5-32-19(9-30)28-20(29-32)15-7-24-11-25-8-15/h2-3,6-8,11-14,33H,4-5,9-10H2,1H3/t14-,21-/m1/s1. The number of hydrogen-bond acceptors (Lipinski definition) is 8. The first-order chi connectivity index (χ1) is 15.9. The van der Waals surface area contributed by atoms with Crippen molar-refractivity contribution in [2.75, 3.05) is 6.54 Å². The van der Waals surface area contributed by atoms with E-state index in [9.17, 15) is 13.9 Å². The van der Waals surface area contributed by atoms with Crippen LogP contribution >= 0.6 is 0 Å². The van der Waals surface area contributed by atoms with Gasteiger partial charge in [-0.2, -0.15) is 10.2 Å². The van der Waals surface area contributed by atoms with E-state index in [2.05, 4.69) is 30.1 Å². The van der Waals surface area contributed by atoms with E-state index in [0.29, 0.717) is 36.8 Å². The van der Waals surface area contributed by atoms with E-state index in [-0.39, 0.29) is 12.1 Å². The molecule has 1 aliphatic rings. The van der Waals surface area contributed by atoms with Gasteiger partial charge in [0.1, 0.15) is 42.0 Å². The molecular formula is C21H21F2N9O. The minimum Gasteiger partial charge on any atom is -0.381 e. The molecule has 1 aromatic carbocycles. The Labute approximate surface area is 187 Å². The topological polar surface area (TPSA) is 111 Å². The molecule has 33 heavy (non-hydrogen) atoms. The van der Waals surface area contributed by atoms with Crippen LogP contribution in [0.1, 0.15) is 18.3 Å². The van der Waals surface area contributed by atoms with Gasteiger partial charge in [-0.15, -0.1) is 0 Å². The Morgan fingerprint density at radius 3 is 2.67 bits per heavy atom. The second-order valence-electron chi connectivity index (χ2n) is 7.99. The van der Waals surface area contributed by atoms with E-state index in [1.54, 1.807) is 24.0 Å². The lowest BCUT2D eigenvalue weighted by molar-refractivity contribution is -0.0714. The lowest BCUT2D eigenvalue weighted by atomic mass is 9.85. The molecule has 12 heteroatoms. The van der Waals surface area contributed by atoms with Gasteiger partial charge >= 0.3 is 0 Å². The van der Waals surface area contributed by atoms with Crippen LogP contribution in [0.15, 0.2) is 49.6 Å². The molecule has 0 saturated heterocycles. The summed E-state index contributed by atoms with van der Waals surface area (Å²) in [6.45, 7) is 3.20. The minimum atomic E-state index is -1.72. The molecule has 0 spiro atoms. The SMILES string of the molecule is C[C@@H](N1CCn2nc(-c3cncnc3)nc2C1)[C@](O)(Cn1cncn1)c1ccc(F)cc1F. The summed E-state index contributed by atoms with van der Waals surface area (Å²) in [5.74, 6) is -0.316. The Hall–Kier alpha value is -3.64. The van der Waals surface area contributed by atoms with Gasteiger partial charge in [-0.1, -0.05) is 6.07 Å². The molecule has 1 aliphatic heterocycles. The van der Waals surface area contributed by atoms with E-state index in [0.717, 1.165) is 12.1 Å². The second-order valence-corrected chi connectivity index (χ2v) is 7.99. The average Bonchev–Trinajstić information content (AvgIpc) is 3.48. The molecule has 0 amide bonds. The number of benzene rings is 1. The van der Waals surface area contributed by atoms with Crippen molar-refractivity contribution in [3.05, 3.63) is 72.6 Å². The molecule has 10 nitrogen and oxygen atoms in total. The predicted molar refractivity (Wildman–Crippen MR) is 111 cm³/mol. The minimum absolute atomic E-state index is 0.0129. The number of aliphatic hydroxyl groups is 1. The Balaban J connectivity index is 1.46. The summed E-state index contributed by atoms with van der Waals surface area (Å²) in [6.07, 6.45) is 7.50. The van der Waals surface area contributed by atoms with Crippen molar-refractivity contribution in [1.82, 2.24) is 44.4 Å². The molecule has 3 aromatic heterocycles. The highest BCUT2D eigenvalue weighted by molar-refractivity contribution is 5.51. The highest BCUT2D eigenvalue weighted by atomic mass is 19.1. The number of rotatable bonds is 6. The molecular weight excluding hydrogens is 432 g/mol. The largest absolute Gasteiger partial charge is 0.381 e. The van der Waals surface area contributed by atoms with Crippen LogP contribution in [0.2, 0.25) is 0 Å². The van der Waals surface area contributed by atoms with Crippen molar-refractivity contribution in [1.29, 1.82) is 0 Å². The first-order valence-electron chi connectivity index (χ1n) is 10.4. The number of fused-ring (bicyclic) bond motifs is 1. The van der Waals surface area contributed by atoms with Gasteiger partial charge < -0.3 is 5.11 Å². The maximum Gasteiger partial charge on any atom is 0.184 e. The highest BCUT2D eigenvalue weighted by Gasteiger charge is 2.43. The zero-order valence-corrected chi connectivity index (χ0v) is 17.8.